The smallest absolute Gasteiger partial charge is 0.193 e. The minimum Gasteiger partial charge on any atom is -0.379 e. The average molecular weight is 533 g/mol. The third-order valence-electron chi connectivity index (χ3n) is 6.05. The van der Waals surface area contributed by atoms with Crippen LogP contribution in [0.3, 0.4) is 0 Å². The van der Waals surface area contributed by atoms with E-state index < -0.39 is 0 Å². The highest BCUT2D eigenvalue weighted by atomic mass is 127. The van der Waals surface area contributed by atoms with Crippen LogP contribution in [0, 0.1) is 5.82 Å². The van der Waals surface area contributed by atoms with Crippen LogP contribution in [-0.2, 0) is 16.0 Å². The Kier molecular flexibility index (Phi) is 8.97. The number of hydrogen-bond acceptors (Lipinski definition) is 5. The molecule has 1 aromatic carbocycles. The van der Waals surface area contributed by atoms with E-state index in [2.05, 4.69) is 20.1 Å². The zero-order valence-electron chi connectivity index (χ0n) is 17.7. The summed E-state index contributed by atoms with van der Waals surface area (Å²) in [7, 11) is 1.81. The maximum absolute atomic E-state index is 14.6. The molecule has 7 nitrogen and oxygen atoms in total. The van der Waals surface area contributed by atoms with Crippen LogP contribution in [0.5, 0.6) is 0 Å². The van der Waals surface area contributed by atoms with Crippen LogP contribution in [0.4, 0.5) is 10.1 Å². The molecule has 4 rings (SSSR count). The summed E-state index contributed by atoms with van der Waals surface area (Å²) < 4.78 is 25.5. The van der Waals surface area contributed by atoms with Crippen LogP contribution in [0.2, 0.25) is 0 Å². The fourth-order valence-electron chi connectivity index (χ4n) is 4.41. The lowest BCUT2D eigenvalue weighted by Crippen LogP contribution is -2.46. The second kappa shape index (κ2) is 11.4. The van der Waals surface area contributed by atoms with E-state index in [1.165, 1.54) is 0 Å². The Balaban J connectivity index is 0.00000256. The maximum atomic E-state index is 14.6. The van der Waals surface area contributed by atoms with Gasteiger partial charge in [-0.15, -0.1) is 24.0 Å². The summed E-state index contributed by atoms with van der Waals surface area (Å²) >= 11 is 0. The van der Waals surface area contributed by atoms with Gasteiger partial charge in [-0.3, -0.25) is 9.89 Å². The molecular formula is C21H33FIN5O2. The van der Waals surface area contributed by atoms with Gasteiger partial charge >= 0.3 is 0 Å². The van der Waals surface area contributed by atoms with E-state index in [-0.39, 0.29) is 29.8 Å². The first kappa shape index (κ1) is 23.5. The van der Waals surface area contributed by atoms with Crippen molar-refractivity contribution >= 4 is 35.6 Å². The van der Waals surface area contributed by atoms with Gasteiger partial charge < -0.3 is 24.6 Å². The van der Waals surface area contributed by atoms with Crippen molar-refractivity contribution < 1.29 is 13.9 Å². The van der Waals surface area contributed by atoms with Gasteiger partial charge in [0.1, 0.15) is 5.82 Å². The number of guanidine groups is 1. The first-order chi connectivity index (χ1) is 14.2. The fourth-order valence-corrected chi connectivity index (χ4v) is 4.41. The van der Waals surface area contributed by atoms with Crippen molar-refractivity contribution in [2.75, 3.05) is 77.6 Å². The number of nitrogens with zero attached hydrogens (tertiary/aromatic N) is 4. The van der Waals surface area contributed by atoms with Crippen molar-refractivity contribution in [3.8, 4) is 0 Å². The molecule has 3 aliphatic rings. The van der Waals surface area contributed by atoms with E-state index in [9.17, 15) is 4.39 Å². The first-order valence-corrected chi connectivity index (χ1v) is 10.6. The molecular weight excluding hydrogens is 500 g/mol. The first-order valence-electron chi connectivity index (χ1n) is 10.6. The van der Waals surface area contributed by atoms with Gasteiger partial charge in [0.25, 0.3) is 0 Å². The van der Waals surface area contributed by atoms with Crippen LogP contribution in [0.15, 0.2) is 23.2 Å². The largest absolute Gasteiger partial charge is 0.379 e. The molecule has 0 spiro atoms. The van der Waals surface area contributed by atoms with Gasteiger partial charge in [-0.2, -0.15) is 0 Å². The number of ether oxygens (including phenoxy) is 2. The number of halogens is 2. The highest BCUT2D eigenvalue weighted by Crippen LogP contribution is 2.22. The van der Waals surface area contributed by atoms with E-state index in [0.29, 0.717) is 31.5 Å². The average Bonchev–Trinajstić information content (AvgIpc) is 3.26. The van der Waals surface area contributed by atoms with Crippen molar-refractivity contribution in [2.45, 2.75) is 19.0 Å². The molecule has 9 heteroatoms. The topological polar surface area (TPSA) is 52.6 Å². The third-order valence-corrected chi connectivity index (χ3v) is 6.05. The molecule has 30 heavy (non-hydrogen) atoms. The second-order valence-corrected chi connectivity index (χ2v) is 7.82. The molecule has 0 bridgehead atoms. The fraction of sp³-hybridized carbons (Fsp3) is 0.667. The summed E-state index contributed by atoms with van der Waals surface area (Å²) in [6, 6.07) is 6.06. The van der Waals surface area contributed by atoms with Crippen LogP contribution >= 0.6 is 24.0 Å². The van der Waals surface area contributed by atoms with E-state index in [1.54, 1.807) is 6.07 Å². The van der Waals surface area contributed by atoms with E-state index in [4.69, 9.17) is 9.47 Å². The number of aliphatic imine (C=N–C) groups is 1. The van der Waals surface area contributed by atoms with Crippen LogP contribution in [-0.4, -0.2) is 94.5 Å². The number of nitrogens with one attached hydrogen (secondary N) is 1. The SMILES string of the molecule is CN=C(NCc1ccc(N2CCOCC2)c(F)c1)N1CCC(N2CCOCC2)C1.I. The van der Waals surface area contributed by atoms with Crippen LogP contribution in [0.25, 0.3) is 0 Å². The predicted molar refractivity (Wildman–Crippen MR) is 127 cm³/mol. The van der Waals surface area contributed by atoms with Gasteiger partial charge in [-0.05, 0) is 24.1 Å². The lowest BCUT2D eigenvalue weighted by Gasteiger charge is -2.32. The number of anilines is 1. The Morgan fingerprint density at radius 2 is 1.80 bits per heavy atom. The summed E-state index contributed by atoms with van der Waals surface area (Å²) in [4.78, 5) is 11.3. The Morgan fingerprint density at radius 1 is 1.10 bits per heavy atom. The highest BCUT2D eigenvalue weighted by Gasteiger charge is 2.30. The standard InChI is InChI=1S/C21H32FN5O2.HI/c1-23-21(27-5-4-18(16-27)25-6-10-28-11-7-25)24-15-17-2-3-20(19(22)14-17)26-8-12-29-13-9-26;/h2-3,14,18H,4-13,15-16H2,1H3,(H,23,24);1H. The van der Waals surface area contributed by atoms with Gasteiger partial charge in [-0.1, -0.05) is 6.07 Å². The molecule has 0 amide bonds. The summed E-state index contributed by atoms with van der Waals surface area (Å²) in [5.74, 6) is 0.716. The molecule has 3 heterocycles. The van der Waals surface area contributed by atoms with Crippen molar-refractivity contribution in [3.05, 3.63) is 29.6 Å². The summed E-state index contributed by atoms with van der Waals surface area (Å²) in [5, 5.41) is 3.41. The number of rotatable bonds is 4. The number of likely N-dealkylation sites (tertiary alicyclic amines) is 1. The van der Waals surface area contributed by atoms with Crippen molar-refractivity contribution in [3.63, 3.8) is 0 Å². The molecule has 0 saturated carbocycles. The zero-order valence-corrected chi connectivity index (χ0v) is 20.0. The van der Waals surface area contributed by atoms with Gasteiger partial charge in [-0.25, -0.2) is 4.39 Å². The Morgan fingerprint density at radius 3 is 2.47 bits per heavy atom. The van der Waals surface area contributed by atoms with Gasteiger partial charge in [0.2, 0.25) is 0 Å². The molecule has 1 aromatic rings. The van der Waals surface area contributed by atoms with Crippen molar-refractivity contribution in [2.24, 2.45) is 4.99 Å². The molecule has 0 radical (unpaired) electrons. The van der Waals surface area contributed by atoms with Gasteiger partial charge in [0.15, 0.2) is 5.96 Å². The number of hydrogen-bond donors (Lipinski definition) is 1. The Hall–Kier alpha value is -1.17. The molecule has 1 N–H and O–H groups in total. The molecule has 3 aliphatic heterocycles. The predicted octanol–water partition coefficient (Wildman–Crippen LogP) is 1.76. The van der Waals surface area contributed by atoms with Crippen LogP contribution < -0.4 is 10.2 Å². The van der Waals surface area contributed by atoms with E-state index in [1.807, 2.05) is 24.1 Å². The third kappa shape index (κ3) is 5.74. The van der Waals surface area contributed by atoms with Crippen molar-refractivity contribution in [1.29, 1.82) is 0 Å². The summed E-state index contributed by atoms with van der Waals surface area (Å²) in [6.07, 6.45) is 1.14. The molecule has 3 fully saturated rings. The minimum absolute atomic E-state index is 0. The van der Waals surface area contributed by atoms with Crippen LogP contribution in [0.1, 0.15) is 12.0 Å². The molecule has 3 saturated heterocycles. The zero-order chi connectivity index (χ0) is 20.1. The van der Waals surface area contributed by atoms with E-state index in [0.717, 1.165) is 70.4 Å². The number of morpholine rings is 2. The molecule has 168 valence electrons. The molecule has 0 aliphatic carbocycles. The lowest BCUT2D eigenvalue weighted by atomic mass is 10.1. The summed E-state index contributed by atoms with van der Waals surface area (Å²) in [6.45, 7) is 8.99. The van der Waals surface area contributed by atoms with Crippen molar-refractivity contribution in [1.82, 2.24) is 15.1 Å². The normalized spacial score (nSPS) is 23.4. The van der Waals surface area contributed by atoms with Gasteiger partial charge in [0.05, 0.1) is 32.1 Å². The lowest BCUT2D eigenvalue weighted by molar-refractivity contribution is 0.0195. The summed E-state index contributed by atoms with van der Waals surface area (Å²) in [5.41, 5.74) is 1.58. The van der Waals surface area contributed by atoms with Gasteiger partial charge in [0, 0.05) is 58.9 Å². The molecule has 1 atom stereocenters. The Bertz CT molecular complexity index is 711. The second-order valence-electron chi connectivity index (χ2n) is 7.82. The minimum atomic E-state index is -0.172. The monoisotopic (exact) mass is 533 g/mol. The Labute approximate surface area is 195 Å². The quantitative estimate of drug-likeness (QED) is 0.362. The highest BCUT2D eigenvalue weighted by molar-refractivity contribution is 14.0. The van der Waals surface area contributed by atoms with E-state index >= 15 is 0 Å². The number of benzene rings is 1. The molecule has 1 unspecified atom stereocenters. The molecule has 0 aromatic heterocycles. The maximum Gasteiger partial charge on any atom is 0.193 e.